The summed E-state index contributed by atoms with van der Waals surface area (Å²) in [6, 6.07) is 15.9. The largest absolute Gasteiger partial charge is 0.369 e. The van der Waals surface area contributed by atoms with Crippen LogP contribution >= 0.6 is 0 Å². The summed E-state index contributed by atoms with van der Waals surface area (Å²) in [5.74, 6) is -0.193. The van der Waals surface area contributed by atoms with Gasteiger partial charge in [0.2, 0.25) is 11.8 Å². The Kier molecular flexibility index (Phi) is 6.37. The van der Waals surface area contributed by atoms with Crippen LogP contribution in [0.5, 0.6) is 0 Å². The molecule has 0 aliphatic carbocycles. The monoisotopic (exact) mass is 391 g/mol. The first-order chi connectivity index (χ1) is 13.9. The topological polar surface area (TPSA) is 52.7 Å². The molecule has 2 aromatic rings. The molecule has 0 aromatic heterocycles. The molecule has 29 heavy (non-hydrogen) atoms. The lowest BCUT2D eigenvalue weighted by Gasteiger charge is -2.32. The number of rotatable bonds is 6. The molecule has 1 N–H and O–H groups in total. The van der Waals surface area contributed by atoms with Crippen LogP contribution < -0.4 is 10.2 Å². The number of fused-ring (bicyclic) bond motifs is 1. The van der Waals surface area contributed by atoms with Crippen molar-refractivity contribution in [2.75, 3.05) is 16.8 Å². The fourth-order valence-corrected chi connectivity index (χ4v) is 3.88. The average Bonchev–Trinajstić information content (AvgIpc) is 2.69. The summed E-state index contributed by atoms with van der Waals surface area (Å²) in [5.41, 5.74) is 3.92. The Labute approximate surface area is 173 Å². The lowest BCUT2D eigenvalue weighted by molar-refractivity contribution is -0.129. The molecule has 1 aliphatic rings. The molecule has 0 bridgehead atoms. The standard InChI is InChI=1S/C24H29N3O2/c1-5-26(17(2)3)21-12-10-20(11-13-21)25-24(29)16-23-22-9-7-6-8-19(22)14-15-27(23)18(4)28/h6-15,17,23H,5,16H2,1-4H3,(H,25,29). The molecule has 1 aliphatic heterocycles. The molecule has 5 nitrogen and oxygen atoms in total. The predicted molar refractivity (Wildman–Crippen MR) is 119 cm³/mol. The maximum Gasteiger partial charge on any atom is 0.226 e. The van der Waals surface area contributed by atoms with Gasteiger partial charge in [0.05, 0.1) is 12.5 Å². The van der Waals surface area contributed by atoms with Gasteiger partial charge in [0.15, 0.2) is 0 Å². The van der Waals surface area contributed by atoms with Crippen LogP contribution in [0, 0.1) is 0 Å². The molecule has 0 fully saturated rings. The van der Waals surface area contributed by atoms with E-state index >= 15 is 0 Å². The Hall–Kier alpha value is -3.08. The highest BCUT2D eigenvalue weighted by atomic mass is 16.2. The summed E-state index contributed by atoms with van der Waals surface area (Å²) in [6.45, 7) is 8.91. The van der Waals surface area contributed by atoms with Crippen molar-refractivity contribution < 1.29 is 9.59 Å². The molecule has 0 radical (unpaired) electrons. The zero-order valence-corrected chi connectivity index (χ0v) is 17.6. The summed E-state index contributed by atoms with van der Waals surface area (Å²) in [6.07, 6.45) is 3.89. The number of benzene rings is 2. The van der Waals surface area contributed by atoms with E-state index in [1.807, 2.05) is 54.6 Å². The minimum atomic E-state index is -0.301. The minimum Gasteiger partial charge on any atom is -0.369 e. The van der Waals surface area contributed by atoms with Gasteiger partial charge >= 0.3 is 0 Å². The van der Waals surface area contributed by atoms with Gasteiger partial charge in [-0.05, 0) is 62.2 Å². The van der Waals surface area contributed by atoms with Gasteiger partial charge in [-0.3, -0.25) is 9.59 Å². The number of nitrogens with zero attached hydrogens (tertiary/aromatic N) is 2. The SMILES string of the molecule is CCN(c1ccc(NC(=O)CC2c3ccccc3C=CN2C(C)=O)cc1)C(C)C. The number of anilines is 2. The van der Waals surface area contributed by atoms with E-state index in [0.29, 0.717) is 6.04 Å². The Balaban J connectivity index is 1.72. The minimum absolute atomic E-state index is 0.0775. The van der Waals surface area contributed by atoms with E-state index in [1.54, 1.807) is 11.1 Å². The first kappa shape index (κ1) is 20.6. The van der Waals surface area contributed by atoms with E-state index < -0.39 is 0 Å². The van der Waals surface area contributed by atoms with Gasteiger partial charge in [0.25, 0.3) is 0 Å². The number of carbonyl (C=O) groups excluding carboxylic acids is 2. The van der Waals surface area contributed by atoms with Crippen molar-refractivity contribution >= 4 is 29.3 Å². The van der Waals surface area contributed by atoms with Crippen LogP contribution in [0.1, 0.15) is 51.3 Å². The van der Waals surface area contributed by atoms with Crippen LogP contribution in [0.2, 0.25) is 0 Å². The number of hydrogen-bond acceptors (Lipinski definition) is 3. The molecule has 2 aromatic carbocycles. The molecule has 1 unspecified atom stereocenters. The van der Waals surface area contributed by atoms with Crippen molar-refractivity contribution in [1.29, 1.82) is 0 Å². The van der Waals surface area contributed by atoms with Crippen LogP contribution in [0.25, 0.3) is 6.08 Å². The fourth-order valence-electron chi connectivity index (χ4n) is 3.88. The average molecular weight is 392 g/mol. The molecule has 152 valence electrons. The summed E-state index contributed by atoms with van der Waals surface area (Å²) in [4.78, 5) is 28.8. The molecular weight excluding hydrogens is 362 g/mol. The van der Waals surface area contributed by atoms with Gasteiger partial charge in [0.1, 0.15) is 0 Å². The van der Waals surface area contributed by atoms with Gasteiger partial charge in [-0.1, -0.05) is 24.3 Å². The molecule has 0 spiro atoms. The second-order valence-electron chi connectivity index (χ2n) is 7.57. The van der Waals surface area contributed by atoms with Crippen LogP contribution in [0.3, 0.4) is 0 Å². The van der Waals surface area contributed by atoms with E-state index in [9.17, 15) is 9.59 Å². The number of carbonyl (C=O) groups is 2. The summed E-state index contributed by atoms with van der Waals surface area (Å²) in [7, 11) is 0. The second kappa shape index (κ2) is 8.95. The van der Waals surface area contributed by atoms with E-state index in [4.69, 9.17) is 0 Å². The van der Waals surface area contributed by atoms with Gasteiger partial charge in [-0.15, -0.1) is 0 Å². The molecule has 0 saturated heterocycles. The second-order valence-corrected chi connectivity index (χ2v) is 7.57. The maximum atomic E-state index is 12.8. The van der Waals surface area contributed by atoms with Gasteiger partial charge in [-0.25, -0.2) is 0 Å². The lowest BCUT2D eigenvalue weighted by atomic mass is 9.93. The fraction of sp³-hybridized carbons (Fsp3) is 0.333. The van der Waals surface area contributed by atoms with Crippen molar-refractivity contribution in [3.8, 4) is 0 Å². The van der Waals surface area contributed by atoms with Gasteiger partial charge < -0.3 is 15.1 Å². The zero-order valence-electron chi connectivity index (χ0n) is 17.6. The first-order valence-electron chi connectivity index (χ1n) is 10.1. The van der Waals surface area contributed by atoms with E-state index in [2.05, 4.69) is 31.0 Å². The van der Waals surface area contributed by atoms with Crippen LogP contribution in [-0.4, -0.2) is 29.3 Å². The van der Waals surface area contributed by atoms with E-state index in [1.165, 1.54) is 6.92 Å². The van der Waals surface area contributed by atoms with Crippen molar-refractivity contribution in [1.82, 2.24) is 4.90 Å². The van der Waals surface area contributed by atoms with Crippen molar-refractivity contribution in [3.63, 3.8) is 0 Å². The Morgan fingerprint density at radius 1 is 1.10 bits per heavy atom. The molecule has 2 amide bonds. The van der Waals surface area contributed by atoms with Crippen LogP contribution in [0.15, 0.2) is 54.7 Å². The molecular formula is C24H29N3O2. The third-order valence-electron chi connectivity index (χ3n) is 5.29. The third kappa shape index (κ3) is 4.67. The maximum absolute atomic E-state index is 12.8. The highest BCUT2D eigenvalue weighted by Crippen LogP contribution is 2.33. The predicted octanol–water partition coefficient (Wildman–Crippen LogP) is 4.82. The number of nitrogens with one attached hydrogen (secondary N) is 1. The quantitative estimate of drug-likeness (QED) is 0.768. The first-order valence-corrected chi connectivity index (χ1v) is 10.1. The van der Waals surface area contributed by atoms with E-state index in [-0.39, 0.29) is 24.3 Å². The van der Waals surface area contributed by atoms with Crippen LogP contribution in [0.4, 0.5) is 11.4 Å². The highest BCUT2D eigenvalue weighted by Gasteiger charge is 2.28. The molecule has 3 rings (SSSR count). The molecule has 1 atom stereocenters. The number of amides is 2. The zero-order chi connectivity index (χ0) is 21.0. The highest BCUT2D eigenvalue weighted by molar-refractivity contribution is 5.92. The van der Waals surface area contributed by atoms with Crippen molar-refractivity contribution in [3.05, 3.63) is 65.9 Å². The Bertz CT molecular complexity index is 903. The van der Waals surface area contributed by atoms with Crippen molar-refractivity contribution in [2.45, 2.75) is 46.2 Å². The molecule has 1 heterocycles. The smallest absolute Gasteiger partial charge is 0.226 e. The Morgan fingerprint density at radius 3 is 2.41 bits per heavy atom. The number of hydrogen-bond donors (Lipinski definition) is 1. The summed E-state index contributed by atoms with van der Waals surface area (Å²) >= 11 is 0. The third-order valence-corrected chi connectivity index (χ3v) is 5.29. The van der Waals surface area contributed by atoms with Gasteiger partial charge in [0, 0.05) is 37.1 Å². The summed E-state index contributed by atoms with van der Waals surface area (Å²) < 4.78 is 0. The summed E-state index contributed by atoms with van der Waals surface area (Å²) in [5, 5.41) is 2.97. The normalized spacial score (nSPS) is 15.2. The van der Waals surface area contributed by atoms with Crippen molar-refractivity contribution in [2.24, 2.45) is 0 Å². The Morgan fingerprint density at radius 2 is 1.79 bits per heavy atom. The van der Waals surface area contributed by atoms with Gasteiger partial charge in [-0.2, -0.15) is 0 Å². The lowest BCUT2D eigenvalue weighted by Crippen LogP contribution is -2.33. The van der Waals surface area contributed by atoms with Crippen LogP contribution in [-0.2, 0) is 9.59 Å². The molecule has 5 heteroatoms. The molecule has 0 saturated carbocycles. The van der Waals surface area contributed by atoms with E-state index in [0.717, 1.165) is 29.0 Å².